The van der Waals surface area contributed by atoms with Gasteiger partial charge >= 0.3 is 23.5 Å². The van der Waals surface area contributed by atoms with Gasteiger partial charge in [-0.2, -0.15) is 8.62 Å². The van der Waals surface area contributed by atoms with Crippen LogP contribution in [0.4, 0.5) is 0 Å². The molecule has 0 radical (unpaired) electrons. The third-order valence-corrected chi connectivity index (χ3v) is 8.41. The second-order valence-electron chi connectivity index (χ2n) is 7.16. The third kappa shape index (κ3) is 7.15. The number of benzene rings is 1. The maximum atomic E-state index is 11.9. The topological polar surface area (TPSA) is 251 Å². The Balaban J connectivity index is 1.71. The lowest BCUT2D eigenvalue weighted by molar-refractivity contribution is -0.0682. The number of aliphatic hydroxyl groups excluding tert-OH is 2. The first kappa shape index (κ1) is 27.8. The van der Waals surface area contributed by atoms with E-state index in [-0.39, 0.29) is 11.7 Å². The summed E-state index contributed by atoms with van der Waals surface area (Å²) in [6.45, 7) is 2.77. The molecule has 1 aromatic rings. The third-order valence-electron chi connectivity index (χ3n) is 4.61. The van der Waals surface area contributed by atoms with Crippen LogP contribution in [0.25, 0.3) is 5.57 Å². The number of ether oxygens (including phenoxy) is 1. The van der Waals surface area contributed by atoms with Gasteiger partial charge in [0, 0.05) is 11.8 Å². The summed E-state index contributed by atoms with van der Waals surface area (Å²) >= 11 is 0. The summed E-state index contributed by atoms with van der Waals surface area (Å²) in [5.74, 6) is 0.182. The average Bonchev–Trinajstić information content (AvgIpc) is 2.99. The average molecular weight is 557 g/mol. The molecule has 1 aromatic carbocycles. The Labute approximate surface area is 198 Å². The van der Waals surface area contributed by atoms with Crippen molar-refractivity contribution in [1.29, 1.82) is 0 Å². The first-order valence-electron chi connectivity index (χ1n) is 9.47. The molecular weight excluding hydrogens is 535 g/mol. The van der Waals surface area contributed by atoms with E-state index in [1.165, 1.54) is 11.1 Å². The zero-order valence-electron chi connectivity index (χ0n) is 17.5. The van der Waals surface area contributed by atoms with Crippen molar-refractivity contribution in [3.8, 4) is 0 Å². The lowest BCUT2D eigenvalue weighted by atomic mass is 10.0. The van der Waals surface area contributed by atoms with Gasteiger partial charge in [-0.15, -0.1) is 0 Å². The van der Waals surface area contributed by atoms with Crippen molar-refractivity contribution >= 4 is 34.9 Å². The van der Waals surface area contributed by atoms with Gasteiger partial charge in [0.2, 0.25) is 0 Å². The number of phosphoric acid groups is 3. The van der Waals surface area contributed by atoms with Crippen LogP contribution in [-0.2, 0) is 31.6 Å². The van der Waals surface area contributed by atoms with Gasteiger partial charge in [0.05, 0.1) is 6.61 Å². The van der Waals surface area contributed by atoms with E-state index in [0.717, 1.165) is 0 Å². The highest BCUT2D eigenvalue weighted by molar-refractivity contribution is 7.66. The number of hydrogen-bond acceptors (Lipinski definition) is 12. The minimum absolute atomic E-state index is 0.0481. The van der Waals surface area contributed by atoms with Crippen molar-refractivity contribution in [3.05, 3.63) is 54.5 Å². The summed E-state index contributed by atoms with van der Waals surface area (Å²) in [6, 6.07) is 8.83. The first-order valence-corrected chi connectivity index (χ1v) is 14.0. The lowest BCUT2D eigenvalue weighted by Crippen LogP contribution is -2.42. The summed E-state index contributed by atoms with van der Waals surface area (Å²) in [4.78, 5) is 41.3. The highest BCUT2D eigenvalue weighted by Crippen LogP contribution is 2.66. The van der Waals surface area contributed by atoms with Crippen LogP contribution in [0.1, 0.15) is 5.56 Å². The Morgan fingerprint density at radius 2 is 1.66 bits per heavy atom. The molecule has 8 N–H and O–H groups in total. The fourth-order valence-electron chi connectivity index (χ4n) is 3.16. The second-order valence-corrected chi connectivity index (χ2v) is 11.6. The number of nitrogens with two attached hydrogens (primary N) is 1. The molecule has 0 aliphatic carbocycles. The largest absolute Gasteiger partial charge is 0.490 e. The molecule has 19 heteroatoms. The van der Waals surface area contributed by atoms with E-state index in [4.69, 9.17) is 20.3 Å². The predicted octanol–water partition coefficient (Wildman–Crippen LogP) is -0.0385. The Morgan fingerprint density at radius 3 is 2.26 bits per heavy atom. The van der Waals surface area contributed by atoms with E-state index in [1.54, 1.807) is 30.3 Å². The highest BCUT2D eigenvalue weighted by Gasteiger charge is 2.48. The lowest BCUT2D eigenvalue weighted by Gasteiger charge is -2.32. The molecule has 6 unspecified atom stereocenters. The van der Waals surface area contributed by atoms with Crippen molar-refractivity contribution in [2.45, 2.75) is 24.5 Å². The SMILES string of the molecule is C=C1N=C(N)C(c2ccccc2)=CN1C1OC(COP(=O)(O)OP(=O)(O)OP(=O)(O)O)C(O)C1O. The number of aliphatic imine (C=N–C) groups is 1. The minimum Gasteiger partial charge on any atom is -0.387 e. The van der Waals surface area contributed by atoms with Crippen LogP contribution in [0.15, 0.2) is 53.9 Å². The Kier molecular flexibility index (Phi) is 8.21. The number of aliphatic hydroxyl groups is 2. The molecule has 6 atom stereocenters. The fourth-order valence-corrected chi connectivity index (χ4v) is 6.19. The van der Waals surface area contributed by atoms with Gasteiger partial charge < -0.3 is 45.2 Å². The molecular formula is C16H22N3O13P3. The van der Waals surface area contributed by atoms with Gasteiger partial charge in [0.25, 0.3) is 0 Å². The van der Waals surface area contributed by atoms with Crippen molar-refractivity contribution in [2.24, 2.45) is 10.7 Å². The zero-order valence-corrected chi connectivity index (χ0v) is 20.2. The summed E-state index contributed by atoms with van der Waals surface area (Å²) < 4.78 is 51.2. The Morgan fingerprint density at radius 1 is 1.03 bits per heavy atom. The number of phosphoric ester groups is 1. The van der Waals surface area contributed by atoms with Crippen molar-refractivity contribution in [3.63, 3.8) is 0 Å². The highest BCUT2D eigenvalue weighted by atomic mass is 31.3. The van der Waals surface area contributed by atoms with E-state index < -0.39 is 54.6 Å². The van der Waals surface area contributed by atoms with Crippen LogP contribution in [-0.4, -0.2) is 71.7 Å². The molecule has 0 amide bonds. The smallest absolute Gasteiger partial charge is 0.387 e. The van der Waals surface area contributed by atoms with Crippen LogP contribution in [0.5, 0.6) is 0 Å². The molecule has 0 bridgehead atoms. The van der Waals surface area contributed by atoms with E-state index in [1.807, 2.05) is 0 Å². The molecule has 2 heterocycles. The van der Waals surface area contributed by atoms with Gasteiger partial charge in [-0.3, -0.25) is 4.52 Å². The van der Waals surface area contributed by atoms with Crippen LogP contribution in [0, 0.1) is 0 Å². The van der Waals surface area contributed by atoms with E-state index >= 15 is 0 Å². The molecule has 194 valence electrons. The summed E-state index contributed by atoms with van der Waals surface area (Å²) in [5.41, 5.74) is 7.12. The monoisotopic (exact) mass is 557 g/mol. The molecule has 1 saturated heterocycles. The molecule has 3 rings (SSSR count). The Bertz CT molecular complexity index is 1170. The molecule has 2 aliphatic rings. The van der Waals surface area contributed by atoms with Crippen LogP contribution in [0.3, 0.4) is 0 Å². The van der Waals surface area contributed by atoms with Crippen molar-refractivity contribution in [2.75, 3.05) is 6.61 Å². The Hall–Kier alpha value is -1.74. The zero-order chi connectivity index (χ0) is 26.2. The molecule has 16 nitrogen and oxygen atoms in total. The number of amidine groups is 1. The quantitative estimate of drug-likeness (QED) is 0.197. The first-order chi connectivity index (χ1) is 16.1. The van der Waals surface area contributed by atoms with E-state index in [2.05, 4.69) is 24.7 Å². The van der Waals surface area contributed by atoms with Crippen molar-refractivity contribution < 1.29 is 61.4 Å². The fraction of sp³-hybridized carbons (Fsp3) is 0.312. The van der Waals surface area contributed by atoms with E-state index in [9.17, 15) is 33.7 Å². The molecule has 35 heavy (non-hydrogen) atoms. The van der Waals surface area contributed by atoms with Crippen LogP contribution >= 0.6 is 23.5 Å². The van der Waals surface area contributed by atoms with Gasteiger partial charge in [-0.1, -0.05) is 36.9 Å². The molecule has 0 saturated carbocycles. The number of nitrogens with zero attached hydrogens (tertiary/aromatic N) is 2. The van der Waals surface area contributed by atoms with Gasteiger partial charge in [0.15, 0.2) is 6.23 Å². The van der Waals surface area contributed by atoms with Crippen LogP contribution < -0.4 is 5.73 Å². The maximum absolute atomic E-state index is 11.9. The minimum atomic E-state index is -5.72. The summed E-state index contributed by atoms with van der Waals surface area (Å²) in [5, 5.41) is 20.8. The molecule has 2 aliphatic heterocycles. The normalized spacial score (nSPS) is 28.7. The van der Waals surface area contributed by atoms with Gasteiger partial charge in [-0.05, 0) is 5.56 Å². The van der Waals surface area contributed by atoms with Crippen molar-refractivity contribution in [1.82, 2.24) is 4.90 Å². The maximum Gasteiger partial charge on any atom is 0.490 e. The number of rotatable bonds is 9. The summed E-state index contributed by atoms with van der Waals surface area (Å²) in [7, 11) is -16.7. The summed E-state index contributed by atoms with van der Waals surface area (Å²) in [6.07, 6.45) is -4.58. The van der Waals surface area contributed by atoms with Crippen LogP contribution in [0.2, 0.25) is 0 Å². The standard InChI is InChI=1S/C16H22N3O13P3/c1-9-18-15(17)11(10-5-3-2-4-6-10)7-19(9)16-14(21)13(20)12(30-16)8-29-34(25,26)32-35(27,28)31-33(22,23)24/h2-7,12-14,16,20-21H,1,8H2,(H2,17,18)(H,25,26)(H,27,28)(H2,22,23,24). The van der Waals surface area contributed by atoms with Gasteiger partial charge in [0.1, 0.15) is 30.0 Å². The second kappa shape index (κ2) is 10.3. The van der Waals surface area contributed by atoms with E-state index in [0.29, 0.717) is 11.1 Å². The molecule has 0 aromatic heterocycles. The molecule has 1 fully saturated rings. The number of hydrogen-bond donors (Lipinski definition) is 7. The predicted molar refractivity (Wildman–Crippen MR) is 118 cm³/mol. The molecule has 0 spiro atoms. The van der Waals surface area contributed by atoms with Gasteiger partial charge in [-0.25, -0.2) is 18.7 Å².